The smallest absolute Gasteiger partial charge is 0.421 e. The first-order chi connectivity index (χ1) is 12.5. The average molecular weight is 408 g/mol. The molecule has 0 aliphatic carbocycles. The lowest BCUT2D eigenvalue weighted by Crippen LogP contribution is -2.42. The number of hydrogen-bond donors (Lipinski definition) is 1. The second-order valence-electron chi connectivity index (χ2n) is 6.88. The first-order valence-electron chi connectivity index (χ1n) is 8.41. The molecule has 1 fully saturated rings. The summed E-state index contributed by atoms with van der Waals surface area (Å²) in [4.78, 5) is 21.4. The SMILES string of the molecule is C[S+]([O-])c1ncc(C(F)(F)F)c(NCCCN2CCOCC(C)(C)C2=O)n1. The maximum absolute atomic E-state index is 13.1. The molecule has 1 aromatic heterocycles. The third kappa shape index (κ3) is 5.69. The summed E-state index contributed by atoms with van der Waals surface area (Å²) in [5, 5.41) is 2.46. The van der Waals surface area contributed by atoms with Crippen molar-refractivity contribution in [3.8, 4) is 0 Å². The van der Waals surface area contributed by atoms with E-state index in [2.05, 4.69) is 15.3 Å². The Morgan fingerprint density at radius 2 is 2.15 bits per heavy atom. The summed E-state index contributed by atoms with van der Waals surface area (Å²) in [5.74, 6) is -0.449. The quantitative estimate of drug-likeness (QED) is 0.439. The van der Waals surface area contributed by atoms with E-state index >= 15 is 0 Å². The molecule has 2 heterocycles. The zero-order chi connectivity index (χ0) is 20.2. The number of halogens is 3. The van der Waals surface area contributed by atoms with Crippen LogP contribution in [0.15, 0.2) is 11.4 Å². The number of anilines is 1. The number of rotatable bonds is 6. The summed E-state index contributed by atoms with van der Waals surface area (Å²) in [5.41, 5.74) is -1.64. The minimum Gasteiger partial charge on any atom is -0.609 e. The lowest BCUT2D eigenvalue weighted by molar-refractivity contribution is -0.140. The summed E-state index contributed by atoms with van der Waals surface area (Å²) < 4.78 is 56.2. The maximum atomic E-state index is 13.1. The van der Waals surface area contributed by atoms with E-state index in [4.69, 9.17) is 4.74 Å². The van der Waals surface area contributed by atoms with Crippen molar-refractivity contribution < 1.29 is 27.3 Å². The normalized spacial score (nSPS) is 18.9. The summed E-state index contributed by atoms with van der Waals surface area (Å²) in [6.07, 6.45) is -2.28. The van der Waals surface area contributed by atoms with Gasteiger partial charge in [0.25, 0.3) is 0 Å². The lowest BCUT2D eigenvalue weighted by Gasteiger charge is -2.27. The van der Waals surface area contributed by atoms with E-state index in [1.807, 2.05) is 0 Å². The molecular formula is C16H23F3N4O3S. The van der Waals surface area contributed by atoms with Crippen molar-refractivity contribution in [2.24, 2.45) is 5.41 Å². The lowest BCUT2D eigenvalue weighted by atomic mass is 9.93. The Labute approximate surface area is 158 Å². The van der Waals surface area contributed by atoms with Gasteiger partial charge >= 0.3 is 11.3 Å². The zero-order valence-electron chi connectivity index (χ0n) is 15.4. The minimum absolute atomic E-state index is 0.0401. The van der Waals surface area contributed by atoms with Crippen molar-refractivity contribution in [2.45, 2.75) is 31.6 Å². The largest absolute Gasteiger partial charge is 0.609 e. The highest BCUT2D eigenvalue weighted by Gasteiger charge is 2.36. The number of aromatic nitrogens is 2. The maximum Gasteiger partial charge on any atom is 0.421 e. The van der Waals surface area contributed by atoms with Gasteiger partial charge in [-0.05, 0) is 20.3 Å². The molecular weight excluding hydrogens is 385 g/mol. The van der Waals surface area contributed by atoms with Crippen molar-refractivity contribution in [2.75, 3.05) is 44.4 Å². The standard InChI is InChI=1S/C16H23F3N4O3S/c1-15(2)10-26-8-7-23(13(15)24)6-4-5-20-12-11(16(17,18)19)9-21-14(22-12)27(3)25/h9H,4-8,10H2,1-3H3,(H,20,21,22). The minimum atomic E-state index is -4.63. The molecule has 0 aromatic carbocycles. The van der Waals surface area contributed by atoms with Crippen LogP contribution in [-0.4, -0.2) is 64.4 Å². The van der Waals surface area contributed by atoms with Crippen LogP contribution in [0, 0.1) is 5.41 Å². The number of amides is 1. The monoisotopic (exact) mass is 408 g/mol. The van der Waals surface area contributed by atoms with Gasteiger partial charge in [-0.15, -0.1) is 0 Å². The highest BCUT2D eigenvalue weighted by molar-refractivity contribution is 7.90. The van der Waals surface area contributed by atoms with Crippen molar-refractivity contribution >= 4 is 22.9 Å². The van der Waals surface area contributed by atoms with Crippen molar-refractivity contribution in [1.29, 1.82) is 0 Å². The third-order valence-corrected chi connectivity index (χ3v) is 4.77. The summed E-state index contributed by atoms with van der Waals surface area (Å²) in [7, 11) is 0. The molecule has 1 amide bonds. The number of alkyl halides is 3. The van der Waals surface area contributed by atoms with E-state index in [9.17, 15) is 22.5 Å². The van der Waals surface area contributed by atoms with Gasteiger partial charge in [-0.1, -0.05) is 0 Å². The van der Waals surface area contributed by atoms with Gasteiger partial charge in [-0.2, -0.15) is 23.1 Å². The van der Waals surface area contributed by atoms with E-state index in [-0.39, 0.29) is 17.6 Å². The fraction of sp³-hybridized carbons (Fsp3) is 0.688. The van der Waals surface area contributed by atoms with Crippen LogP contribution in [0.5, 0.6) is 0 Å². The molecule has 0 spiro atoms. The molecule has 0 radical (unpaired) electrons. The molecule has 152 valence electrons. The molecule has 1 aliphatic rings. The molecule has 1 aliphatic heterocycles. The molecule has 11 heteroatoms. The molecule has 7 nitrogen and oxygen atoms in total. The summed E-state index contributed by atoms with van der Waals surface area (Å²) >= 11 is -1.60. The van der Waals surface area contributed by atoms with Crippen LogP contribution in [0.25, 0.3) is 0 Å². The van der Waals surface area contributed by atoms with Crippen molar-refractivity contribution in [3.05, 3.63) is 11.8 Å². The summed E-state index contributed by atoms with van der Waals surface area (Å²) in [6.45, 7) is 5.37. The predicted molar refractivity (Wildman–Crippen MR) is 93.7 cm³/mol. The van der Waals surface area contributed by atoms with E-state index in [1.165, 1.54) is 6.26 Å². The Morgan fingerprint density at radius 3 is 2.78 bits per heavy atom. The molecule has 1 unspecified atom stereocenters. The second-order valence-corrected chi connectivity index (χ2v) is 8.15. The number of carbonyl (C=O) groups is 1. The highest BCUT2D eigenvalue weighted by atomic mass is 32.2. The van der Waals surface area contributed by atoms with E-state index in [0.717, 1.165) is 0 Å². The van der Waals surface area contributed by atoms with Gasteiger partial charge < -0.3 is 19.5 Å². The number of nitrogens with one attached hydrogen (secondary N) is 1. The van der Waals surface area contributed by atoms with Gasteiger partial charge in [-0.25, -0.2) is 0 Å². The van der Waals surface area contributed by atoms with Crippen molar-refractivity contribution in [1.82, 2.24) is 14.9 Å². The first kappa shape index (κ1) is 21.7. The number of hydrogen-bond acceptors (Lipinski definition) is 6. The van der Waals surface area contributed by atoms with Gasteiger partial charge in [0.2, 0.25) is 5.91 Å². The highest BCUT2D eigenvalue weighted by Crippen LogP contribution is 2.33. The van der Waals surface area contributed by atoms with Crippen LogP contribution in [0.3, 0.4) is 0 Å². The molecule has 27 heavy (non-hydrogen) atoms. The molecule has 1 N–H and O–H groups in total. The molecule has 1 aromatic rings. The van der Waals surface area contributed by atoms with E-state index in [0.29, 0.717) is 38.9 Å². The van der Waals surface area contributed by atoms with Crippen LogP contribution in [0.1, 0.15) is 25.8 Å². The zero-order valence-corrected chi connectivity index (χ0v) is 16.2. The molecule has 2 rings (SSSR count). The van der Waals surface area contributed by atoms with Gasteiger partial charge in [0.15, 0.2) is 0 Å². The fourth-order valence-electron chi connectivity index (χ4n) is 2.63. The third-order valence-electron chi connectivity index (χ3n) is 4.06. The number of ether oxygens (including phenoxy) is 1. The topological polar surface area (TPSA) is 90.4 Å². The molecule has 0 saturated carbocycles. The Bertz CT molecular complexity index is 671. The number of nitrogens with zero attached hydrogens (tertiary/aromatic N) is 3. The summed E-state index contributed by atoms with van der Waals surface area (Å²) in [6, 6.07) is 0. The van der Waals surface area contributed by atoms with Crippen LogP contribution >= 0.6 is 0 Å². The Kier molecular flexibility index (Phi) is 6.92. The molecule has 1 atom stereocenters. The Balaban J connectivity index is 2.00. The molecule has 1 saturated heterocycles. The van der Waals surface area contributed by atoms with Crippen molar-refractivity contribution in [3.63, 3.8) is 0 Å². The van der Waals surface area contributed by atoms with Gasteiger partial charge in [0.05, 0.1) is 18.6 Å². The van der Waals surface area contributed by atoms with E-state index < -0.39 is 34.1 Å². The van der Waals surface area contributed by atoms with Crippen LogP contribution in [0.4, 0.5) is 19.0 Å². The van der Waals surface area contributed by atoms with Crippen LogP contribution < -0.4 is 5.32 Å². The molecule has 0 bridgehead atoms. The van der Waals surface area contributed by atoms with Gasteiger partial charge in [0, 0.05) is 37.0 Å². The first-order valence-corrected chi connectivity index (χ1v) is 9.97. The predicted octanol–water partition coefficient (Wildman–Crippen LogP) is 1.92. The van der Waals surface area contributed by atoms with Gasteiger partial charge in [-0.3, -0.25) is 4.79 Å². The second kappa shape index (κ2) is 8.61. The Morgan fingerprint density at radius 1 is 1.44 bits per heavy atom. The van der Waals surface area contributed by atoms with E-state index in [1.54, 1.807) is 18.7 Å². The average Bonchev–Trinajstić information content (AvgIpc) is 2.70. The Hall–Kier alpha value is -1.59. The van der Waals surface area contributed by atoms with Crippen LogP contribution in [0.2, 0.25) is 0 Å². The fourth-order valence-corrected chi connectivity index (χ4v) is 3.05. The van der Waals surface area contributed by atoms with Crippen LogP contribution in [-0.2, 0) is 26.9 Å². The van der Waals surface area contributed by atoms with Gasteiger partial charge in [0.1, 0.15) is 17.6 Å². The number of carbonyl (C=O) groups excluding carboxylic acids is 1.